The van der Waals surface area contributed by atoms with Crippen molar-refractivity contribution >= 4 is 50.9 Å². The summed E-state index contributed by atoms with van der Waals surface area (Å²) >= 11 is 10.6. The van der Waals surface area contributed by atoms with Gasteiger partial charge in [-0.15, -0.1) is 0 Å². The quantitative estimate of drug-likeness (QED) is 0.366. The number of phenolic OH excluding ortho intramolecular Hbond substituents is 1. The Kier molecular flexibility index (Phi) is 8.64. The molecule has 1 aromatic heterocycles. The first-order valence-corrected chi connectivity index (χ1v) is 14.0. The minimum absolute atomic E-state index is 0.145. The molecule has 1 atom stereocenters. The molecule has 200 valence electrons. The lowest BCUT2D eigenvalue weighted by Gasteiger charge is -2.25. The van der Waals surface area contributed by atoms with Crippen molar-refractivity contribution in [3.05, 3.63) is 81.9 Å². The zero-order valence-electron chi connectivity index (χ0n) is 21.2. The summed E-state index contributed by atoms with van der Waals surface area (Å²) in [5, 5.41) is 10.6. The molecule has 0 spiro atoms. The number of fused-ring (bicyclic) bond motifs is 1. The van der Waals surface area contributed by atoms with Crippen LogP contribution >= 0.6 is 38.9 Å². The normalized spacial score (nSPS) is 15.2. The van der Waals surface area contributed by atoms with Gasteiger partial charge in [-0.05, 0) is 63.6 Å². The molecule has 3 aromatic rings. The highest BCUT2D eigenvalue weighted by atomic mass is 79.9. The van der Waals surface area contributed by atoms with E-state index in [1.54, 1.807) is 50.3 Å². The highest BCUT2D eigenvalue weighted by Gasteiger charge is 2.34. The largest absolute Gasteiger partial charge is 0.506 e. The van der Waals surface area contributed by atoms with E-state index in [0.717, 1.165) is 11.3 Å². The predicted octanol–water partition coefficient (Wildman–Crippen LogP) is 4.72. The number of thiazole rings is 1. The van der Waals surface area contributed by atoms with Crippen LogP contribution < -0.4 is 24.4 Å². The molecule has 2 heterocycles. The van der Waals surface area contributed by atoms with Crippen LogP contribution in [0.1, 0.15) is 44.9 Å². The van der Waals surface area contributed by atoms with E-state index in [0.29, 0.717) is 55.3 Å². The summed E-state index contributed by atoms with van der Waals surface area (Å²) in [6.07, 6.45) is 1.56. The summed E-state index contributed by atoms with van der Waals surface area (Å²) in [6, 6.07) is 7.74. The number of allylic oxidation sites excluding steroid dienone is 1. The maximum Gasteiger partial charge on any atom is 0.338 e. The van der Waals surface area contributed by atoms with Gasteiger partial charge in [-0.1, -0.05) is 44.9 Å². The smallest absolute Gasteiger partial charge is 0.338 e. The van der Waals surface area contributed by atoms with Gasteiger partial charge in [-0.3, -0.25) is 9.36 Å². The third kappa shape index (κ3) is 5.39. The Morgan fingerprint density at radius 2 is 1.87 bits per heavy atom. The number of ether oxygens (including phenoxy) is 3. The van der Waals surface area contributed by atoms with E-state index in [2.05, 4.69) is 20.9 Å². The Morgan fingerprint density at radius 3 is 2.55 bits per heavy atom. The van der Waals surface area contributed by atoms with E-state index < -0.39 is 12.0 Å². The van der Waals surface area contributed by atoms with Crippen LogP contribution in [0.4, 0.5) is 0 Å². The minimum atomic E-state index is -0.818. The lowest BCUT2D eigenvalue weighted by Crippen LogP contribution is -2.40. The molecule has 0 unspecified atom stereocenters. The molecule has 0 amide bonds. The number of nitrogens with zero attached hydrogens (tertiary/aromatic N) is 2. The first-order valence-electron chi connectivity index (χ1n) is 12.0. The van der Waals surface area contributed by atoms with Gasteiger partial charge in [0, 0.05) is 10.0 Å². The second-order valence-electron chi connectivity index (χ2n) is 8.20. The van der Waals surface area contributed by atoms with Crippen molar-refractivity contribution in [1.29, 1.82) is 0 Å². The van der Waals surface area contributed by atoms with E-state index in [4.69, 9.17) is 25.8 Å². The van der Waals surface area contributed by atoms with Gasteiger partial charge in [-0.2, -0.15) is 0 Å². The number of benzene rings is 2. The van der Waals surface area contributed by atoms with Gasteiger partial charge in [0.05, 0.1) is 46.7 Å². The van der Waals surface area contributed by atoms with Gasteiger partial charge in [0.25, 0.3) is 5.56 Å². The maximum absolute atomic E-state index is 13.8. The van der Waals surface area contributed by atoms with Crippen LogP contribution in [-0.2, 0) is 9.53 Å². The lowest BCUT2D eigenvalue weighted by atomic mass is 9.95. The van der Waals surface area contributed by atoms with Crippen molar-refractivity contribution in [2.45, 2.75) is 33.7 Å². The topological polar surface area (TPSA) is 99.4 Å². The van der Waals surface area contributed by atoms with E-state index >= 15 is 0 Å². The number of phenols is 1. The van der Waals surface area contributed by atoms with Gasteiger partial charge in [0.15, 0.2) is 16.3 Å². The molecule has 0 radical (unpaired) electrons. The Balaban J connectivity index is 1.98. The fourth-order valence-corrected chi connectivity index (χ4v) is 6.05. The van der Waals surface area contributed by atoms with Crippen LogP contribution in [0, 0.1) is 0 Å². The van der Waals surface area contributed by atoms with E-state index in [1.165, 1.54) is 4.57 Å². The average molecular weight is 622 g/mol. The summed E-state index contributed by atoms with van der Waals surface area (Å²) in [7, 11) is 0. The molecule has 8 nitrogen and oxygen atoms in total. The number of carbonyl (C=O) groups excluding carboxylic acids is 1. The summed E-state index contributed by atoms with van der Waals surface area (Å²) in [5.74, 6) is 0.358. The van der Waals surface area contributed by atoms with Crippen molar-refractivity contribution in [2.24, 2.45) is 4.99 Å². The van der Waals surface area contributed by atoms with Gasteiger partial charge in [-0.25, -0.2) is 9.79 Å². The average Bonchev–Trinajstić information content (AvgIpc) is 3.17. The zero-order chi connectivity index (χ0) is 27.6. The highest BCUT2D eigenvalue weighted by molar-refractivity contribution is 9.10. The molecule has 1 aliphatic heterocycles. The van der Waals surface area contributed by atoms with Crippen LogP contribution in [0.2, 0.25) is 5.02 Å². The van der Waals surface area contributed by atoms with E-state index in [9.17, 15) is 14.7 Å². The zero-order valence-corrected chi connectivity index (χ0v) is 24.4. The van der Waals surface area contributed by atoms with Gasteiger partial charge in [0.1, 0.15) is 5.75 Å². The maximum atomic E-state index is 13.8. The Bertz CT molecular complexity index is 1610. The molecule has 11 heteroatoms. The number of carbonyl (C=O) groups is 1. The van der Waals surface area contributed by atoms with Crippen molar-refractivity contribution in [2.75, 3.05) is 19.8 Å². The lowest BCUT2D eigenvalue weighted by molar-refractivity contribution is -0.139. The fraction of sp³-hybridized carbons (Fsp3) is 0.296. The first-order chi connectivity index (χ1) is 18.2. The summed E-state index contributed by atoms with van der Waals surface area (Å²) in [5.41, 5.74) is 1.32. The summed E-state index contributed by atoms with van der Waals surface area (Å²) < 4.78 is 19.3. The number of halogens is 2. The molecule has 0 saturated heterocycles. The van der Waals surface area contributed by atoms with E-state index in [-0.39, 0.29) is 28.5 Å². The molecular weight excluding hydrogens is 596 g/mol. The van der Waals surface area contributed by atoms with Crippen molar-refractivity contribution < 1.29 is 24.1 Å². The third-order valence-electron chi connectivity index (χ3n) is 5.74. The third-order valence-corrected chi connectivity index (χ3v) is 7.47. The standard InChI is InChI=1S/C27H26BrClN2O6S/c1-5-35-19-9-8-15(11-20(19)36-6-2)23-22(26(34)37-7-3)14(4)30-27-31(23)25(33)21(38-27)12-16-10-17(28)13-18(29)24(16)32/h8-13,23,32H,5-7H2,1-4H3/b21-12-/t23-/m0/s1. The molecule has 4 rings (SSSR count). The van der Waals surface area contributed by atoms with Gasteiger partial charge < -0.3 is 19.3 Å². The van der Waals surface area contributed by atoms with Crippen LogP contribution in [0.3, 0.4) is 0 Å². The number of rotatable bonds is 8. The molecule has 38 heavy (non-hydrogen) atoms. The Hall–Kier alpha value is -3.08. The minimum Gasteiger partial charge on any atom is -0.506 e. The van der Waals surface area contributed by atoms with Crippen LogP contribution in [-0.4, -0.2) is 35.5 Å². The highest BCUT2D eigenvalue weighted by Crippen LogP contribution is 2.36. The monoisotopic (exact) mass is 620 g/mol. The van der Waals surface area contributed by atoms with Crippen molar-refractivity contribution in [3.8, 4) is 17.2 Å². The molecule has 1 N–H and O–H groups in total. The van der Waals surface area contributed by atoms with Crippen molar-refractivity contribution in [1.82, 2.24) is 4.57 Å². The second kappa shape index (κ2) is 11.8. The number of aromatic nitrogens is 1. The number of hydrogen-bond donors (Lipinski definition) is 1. The summed E-state index contributed by atoms with van der Waals surface area (Å²) in [4.78, 5) is 31.9. The van der Waals surface area contributed by atoms with Crippen LogP contribution in [0.5, 0.6) is 17.2 Å². The molecular formula is C27H26BrClN2O6S. The number of hydrogen-bond acceptors (Lipinski definition) is 8. The molecule has 2 aromatic carbocycles. The molecule has 0 saturated carbocycles. The fourth-order valence-electron chi connectivity index (χ4n) is 4.18. The number of aromatic hydroxyl groups is 1. The number of esters is 1. The van der Waals surface area contributed by atoms with Gasteiger partial charge in [0.2, 0.25) is 0 Å². The molecule has 0 fully saturated rings. The predicted molar refractivity (Wildman–Crippen MR) is 150 cm³/mol. The second-order valence-corrected chi connectivity index (χ2v) is 10.5. The Labute approximate surface area is 236 Å². The first kappa shape index (κ1) is 27.9. The van der Waals surface area contributed by atoms with E-state index in [1.807, 2.05) is 13.8 Å². The molecule has 1 aliphatic rings. The molecule has 0 bridgehead atoms. The summed E-state index contributed by atoms with van der Waals surface area (Å²) in [6.45, 7) is 8.21. The van der Waals surface area contributed by atoms with Crippen molar-refractivity contribution in [3.63, 3.8) is 0 Å². The van der Waals surface area contributed by atoms with Crippen LogP contribution in [0.25, 0.3) is 6.08 Å². The van der Waals surface area contributed by atoms with Gasteiger partial charge >= 0.3 is 5.97 Å². The molecule has 0 aliphatic carbocycles. The SMILES string of the molecule is CCOC(=O)C1=C(C)N=c2s/c(=C\c3cc(Br)cc(Cl)c3O)c(=O)n2[C@H]1c1ccc(OCC)c(OCC)c1. The Morgan fingerprint density at radius 1 is 1.16 bits per heavy atom. The van der Waals surface area contributed by atoms with Crippen LogP contribution in [0.15, 0.2) is 55.9 Å².